The molecule has 1 saturated carbocycles. The van der Waals surface area contributed by atoms with E-state index < -0.39 is 6.10 Å². The van der Waals surface area contributed by atoms with Crippen LogP contribution in [0.25, 0.3) is 11.0 Å². The molecule has 1 fully saturated rings. The van der Waals surface area contributed by atoms with Crippen LogP contribution in [-0.2, 0) is 0 Å². The van der Waals surface area contributed by atoms with Crippen LogP contribution in [0.2, 0.25) is 0 Å². The monoisotopic (exact) mass is 272 g/mol. The third-order valence-electron chi connectivity index (χ3n) is 4.95. The van der Waals surface area contributed by atoms with Gasteiger partial charge in [-0.3, -0.25) is 0 Å². The molecule has 1 heterocycles. The minimum atomic E-state index is -0.488. The van der Waals surface area contributed by atoms with Gasteiger partial charge in [-0.15, -0.1) is 0 Å². The molecule has 20 heavy (non-hydrogen) atoms. The summed E-state index contributed by atoms with van der Waals surface area (Å²) in [6, 6.07) is 8.16. The average molecular weight is 272 g/mol. The van der Waals surface area contributed by atoms with Crippen LogP contribution >= 0.6 is 0 Å². The second-order valence-electron chi connectivity index (χ2n) is 6.98. The molecule has 0 bridgehead atoms. The van der Waals surface area contributed by atoms with E-state index in [2.05, 4.69) is 26.8 Å². The van der Waals surface area contributed by atoms with Gasteiger partial charge in [0.2, 0.25) is 0 Å². The van der Waals surface area contributed by atoms with E-state index in [4.69, 9.17) is 4.42 Å². The van der Waals surface area contributed by atoms with Crippen molar-refractivity contribution >= 4 is 11.0 Å². The van der Waals surface area contributed by atoms with E-state index in [0.717, 1.165) is 23.2 Å². The predicted molar refractivity (Wildman–Crippen MR) is 81.6 cm³/mol. The fourth-order valence-electron chi connectivity index (χ4n) is 3.63. The second kappa shape index (κ2) is 4.92. The number of aliphatic hydroxyl groups excluding tert-OH is 1. The highest BCUT2D eigenvalue weighted by Gasteiger charge is 2.38. The smallest absolute Gasteiger partial charge is 0.134 e. The van der Waals surface area contributed by atoms with Crippen LogP contribution in [0.15, 0.2) is 28.7 Å². The van der Waals surface area contributed by atoms with Crippen LogP contribution in [0.5, 0.6) is 0 Å². The molecule has 1 aliphatic rings. The number of fused-ring (bicyclic) bond motifs is 1. The SMILES string of the molecule is Cc1ccc2oc(C(O)C3CCCCC3(C)C)cc2c1. The quantitative estimate of drug-likeness (QED) is 0.835. The molecule has 0 radical (unpaired) electrons. The number of aliphatic hydroxyl groups is 1. The molecule has 2 atom stereocenters. The highest BCUT2D eigenvalue weighted by Crippen LogP contribution is 2.47. The van der Waals surface area contributed by atoms with Gasteiger partial charge in [-0.05, 0) is 49.3 Å². The van der Waals surface area contributed by atoms with Crippen molar-refractivity contribution in [2.75, 3.05) is 0 Å². The largest absolute Gasteiger partial charge is 0.458 e. The Morgan fingerprint density at radius 3 is 2.80 bits per heavy atom. The molecular formula is C18H24O2. The van der Waals surface area contributed by atoms with E-state index >= 15 is 0 Å². The summed E-state index contributed by atoms with van der Waals surface area (Å²) in [7, 11) is 0. The molecule has 0 spiro atoms. The Bertz CT molecular complexity index is 609. The zero-order chi connectivity index (χ0) is 14.3. The van der Waals surface area contributed by atoms with Crippen molar-refractivity contribution in [1.29, 1.82) is 0 Å². The molecule has 0 amide bonds. The van der Waals surface area contributed by atoms with Crippen molar-refractivity contribution < 1.29 is 9.52 Å². The zero-order valence-electron chi connectivity index (χ0n) is 12.6. The van der Waals surface area contributed by atoms with Gasteiger partial charge in [0.05, 0.1) is 0 Å². The molecule has 2 unspecified atom stereocenters. The van der Waals surface area contributed by atoms with Gasteiger partial charge in [-0.25, -0.2) is 0 Å². The van der Waals surface area contributed by atoms with E-state index in [1.807, 2.05) is 18.2 Å². The number of furan rings is 1. The molecule has 1 N–H and O–H groups in total. The van der Waals surface area contributed by atoms with Gasteiger partial charge in [0.15, 0.2) is 0 Å². The first-order valence-corrected chi connectivity index (χ1v) is 7.65. The van der Waals surface area contributed by atoms with Gasteiger partial charge in [-0.1, -0.05) is 38.3 Å². The third kappa shape index (κ3) is 2.37. The van der Waals surface area contributed by atoms with Crippen molar-refractivity contribution in [3.05, 3.63) is 35.6 Å². The molecule has 1 aliphatic carbocycles. The molecule has 0 aliphatic heterocycles. The molecule has 2 aromatic rings. The lowest BCUT2D eigenvalue weighted by Crippen LogP contribution is -2.32. The van der Waals surface area contributed by atoms with Crippen molar-refractivity contribution in [2.24, 2.45) is 11.3 Å². The van der Waals surface area contributed by atoms with Crippen LogP contribution in [0, 0.1) is 18.3 Å². The lowest BCUT2D eigenvalue weighted by Gasteiger charge is -2.40. The van der Waals surface area contributed by atoms with Crippen LogP contribution in [0.3, 0.4) is 0 Å². The first kappa shape index (κ1) is 13.7. The number of hydrogen-bond donors (Lipinski definition) is 1. The number of hydrogen-bond acceptors (Lipinski definition) is 2. The van der Waals surface area contributed by atoms with Gasteiger partial charge in [-0.2, -0.15) is 0 Å². The zero-order valence-corrected chi connectivity index (χ0v) is 12.6. The first-order chi connectivity index (χ1) is 9.47. The van der Waals surface area contributed by atoms with Crippen LogP contribution in [0.1, 0.15) is 57.0 Å². The van der Waals surface area contributed by atoms with Gasteiger partial charge in [0, 0.05) is 5.39 Å². The van der Waals surface area contributed by atoms with E-state index in [-0.39, 0.29) is 11.3 Å². The number of aryl methyl sites for hydroxylation is 1. The minimum Gasteiger partial charge on any atom is -0.458 e. The molecular weight excluding hydrogens is 248 g/mol. The Morgan fingerprint density at radius 2 is 2.05 bits per heavy atom. The lowest BCUT2D eigenvalue weighted by atomic mass is 9.66. The van der Waals surface area contributed by atoms with E-state index in [1.165, 1.54) is 24.8 Å². The van der Waals surface area contributed by atoms with Gasteiger partial charge in [0.25, 0.3) is 0 Å². The minimum absolute atomic E-state index is 0.187. The van der Waals surface area contributed by atoms with E-state index in [0.29, 0.717) is 0 Å². The topological polar surface area (TPSA) is 33.4 Å². The molecule has 1 aromatic heterocycles. The average Bonchev–Trinajstić information content (AvgIpc) is 2.80. The van der Waals surface area contributed by atoms with Gasteiger partial charge < -0.3 is 9.52 Å². The summed E-state index contributed by atoms with van der Waals surface area (Å²) in [5, 5.41) is 11.8. The summed E-state index contributed by atoms with van der Waals surface area (Å²) in [6.07, 6.45) is 4.27. The summed E-state index contributed by atoms with van der Waals surface area (Å²) in [4.78, 5) is 0. The molecule has 0 saturated heterocycles. The van der Waals surface area contributed by atoms with Gasteiger partial charge >= 0.3 is 0 Å². The standard InChI is InChI=1S/C18H24O2/c1-12-7-8-15-13(10-12)11-16(20-15)17(19)14-6-4-5-9-18(14,2)3/h7-8,10-11,14,17,19H,4-6,9H2,1-3H3. The summed E-state index contributed by atoms with van der Waals surface area (Å²) in [6.45, 7) is 6.62. The van der Waals surface area contributed by atoms with Crippen molar-refractivity contribution in [2.45, 2.75) is 52.6 Å². The first-order valence-electron chi connectivity index (χ1n) is 7.65. The maximum Gasteiger partial charge on any atom is 0.134 e. The highest BCUT2D eigenvalue weighted by atomic mass is 16.4. The van der Waals surface area contributed by atoms with Crippen molar-refractivity contribution in [3.8, 4) is 0 Å². The second-order valence-corrected chi connectivity index (χ2v) is 6.98. The summed E-state index contributed by atoms with van der Waals surface area (Å²) in [5.41, 5.74) is 2.28. The van der Waals surface area contributed by atoms with Crippen LogP contribution in [-0.4, -0.2) is 5.11 Å². The molecule has 2 nitrogen and oxygen atoms in total. The molecule has 2 heteroatoms. The summed E-state index contributed by atoms with van der Waals surface area (Å²) < 4.78 is 5.88. The molecule has 108 valence electrons. The normalized spacial score (nSPS) is 23.9. The predicted octanol–water partition coefficient (Wildman–Crippen LogP) is 4.99. The Balaban J connectivity index is 1.93. The molecule has 3 rings (SSSR count). The van der Waals surface area contributed by atoms with Crippen LogP contribution in [0.4, 0.5) is 0 Å². The fourth-order valence-corrected chi connectivity index (χ4v) is 3.63. The van der Waals surface area contributed by atoms with Gasteiger partial charge in [0.1, 0.15) is 17.4 Å². The lowest BCUT2D eigenvalue weighted by molar-refractivity contribution is -0.00718. The summed E-state index contributed by atoms with van der Waals surface area (Å²) >= 11 is 0. The van der Waals surface area contributed by atoms with Crippen molar-refractivity contribution in [3.63, 3.8) is 0 Å². The Labute approximate surface area is 120 Å². The maximum absolute atomic E-state index is 10.8. The number of rotatable bonds is 2. The van der Waals surface area contributed by atoms with Crippen molar-refractivity contribution in [1.82, 2.24) is 0 Å². The fraction of sp³-hybridized carbons (Fsp3) is 0.556. The Hall–Kier alpha value is -1.28. The van der Waals surface area contributed by atoms with Crippen LogP contribution < -0.4 is 0 Å². The third-order valence-corrected chi connectivity index (χ3v) is 4.95. The van der Waals surface area contributed by atoms with E-state index in [9.17, 15) is 5.11 Å². The molecule has 1 aromatic carbocycles. The Kier molecular flexibility index (Phi) is 3.37. The number of benzene rings is 1. The summed E-state index contributed by atoms with van der Waals surface area (Å²) in [5.74, 6) is 1.02. The van der Waals surface area contributed by atoms with E-state index in [1.54, 1.807) is 0 Å². The Morgan fingerprint density at radius 1 is 1.25 bits per heavy atom. The maximum atomic E-state index is 10.8. The highest BCUT2D eigenvalue weighted by molar-refractivity contribution is 5.78.